The molecule has 0 amide bonds. The number of aryl methyl sites for hydroxylation is 1. The van der Waals surface area contributed by atoms with E-state index in [-0.39, 0.29) is 0 Å². The number of piperidine rings is 1. The minimum absolute atomic E-state index is 0.865. The van der Waals surface area contributed by atoms with E-state index in [1.165, 1.54) is 49.2 Å². The average molecular weight is 247 g/mol. The SMILES string of the molecule is C=C(S)Cc1ccc(C)c(N2CCCCC2)c1. The number of hydrogen-bond donors (Lipinski definition) is 1. The third kappa shape index (κ3) is 3.29. The fourth-order valence-electron chi connectivity index (χ4n) is 2.48. The lowest BCUT2D eigenvalue weighted by molar-refractivity contribution is 0.577. The van der Waals surface area contributed by atoms with Gasteiger partial charge in [-0.05, 0) is 48.3 Å². The number of hydrogen-bond acceptors (Lipinski definition) is 2. The summed E-state index contributed by atoms with van der Waals surface area (Å²) >= 11 is 4.29. The van der Waals surface area contributed by atoms with Crippen LogP contribution in [0.15, 0.2) is 29.7 Å². The quantitative estimate of drug-likeness (QED) is 0.791. The van der Waals surface area contributed by atoms with Crippen LogP contribution in [0.3, 0.4) is 0 Å². The van der Waals surface area contributed by atoms with Crippen LogP contribution in [0.4, 0.5) is 5.69 Å². The molecule has 0 unspecified atom stereocenters. The summed E-state index contributed by atoms with van der Waals surface area (Å²) in [5, 5.41) is 0. The highest BCUT2D eigenvalue weighted by molar-refractivity contribution is 7.84. The normalized spacial score (nSPS) is 16.0. The van der Waals surface area contributed by atoms with E-state index >= 15 is 0 Å². The second kappa shape index (κ2) is 5.63. The van der Waals surface area contributed by atoms with E-state index < -0.39 is 0 Å². The van der Waals surface area contributed by atoms with Gasteiger partial charge in [-0.1, -0.05) is 18.7 Å². The molecule has 1 aromatic carbocycles. The van der Waals surface area contributed by atoms with Gasteiger partial charge in [0.05, 0.1) is 0 Å². The molecule has 0 bridgehead atoms. The van der Waals surface area contributed by atoms with Crippen LogP contribution in [-0.4, -0.2) is 13.1 Å². The van der Waals surface area contributed by atoms with Crippen molar-refractivity contribution in [3.05, 3.63) is 40.8 Å². The number of benzene rings is 1. The maximum atomic E-state index is 4.29. The molecule has 2 rings (SSSR count). The first kappa shape index (κ1) is 12.6. The fourth-order valence-corrected chi connectivity index (χ4v) is 2.66. The highest BCUT2D eigenvalue weighted by Crippen LogP contribution is 2.26. The summed E-state index contributed by atoms with van der Waals surface area (Å²) < 4.78 is 0. The highest BCUT2D eigenvalue weighted by Gasteiger charge is 2.13. The van der Waals surface area contributed by atoms with Gasteiger partial charge in [0.1, 0.15) is 0 Å². The summed E-state index contributed by atoms with van der Waals surface area (Å²) in [6.07, 6.45) is 4.89. The maximum absolute atomic E-state index is 4.29. The molecule has 0 saturated carbocycles. The number of allylic oxidation sites excluding steroid dienone is 1. The minimum Gasteiger partial charge on any atom is -0.371 e. The molecule has 0 aromatic heterocycles. The van der Waals surface area contributed by atoms with Crippen LogP contribution in [0.5, 0.6) is 0 Å². The van der Waals surface area contributed by atoms with Gasteiger partial charge in [0.25, 0.3) is 0 Å². The predicted molar refractivity (Wildman–Crippen MR) is 79.1 cm³/mol. The van der Waals surface area contributed by atoms with Crippen molar-refractivity contribution in [3.63, 3.8) is 0 Å². The Morgan fingerprint density at radius 2 is 2.00 bits per heavy atom. The summed E-state index contributed by atoms with van der Waals surface area (Å²) in [4.78, 5) is 3.45. The van der Waals surface area contributed by atoms with Crippen molar-refractivity contribution >= 4 is 18.3 Å². The largest absolute Gasteiger partial charge is 0.371 e. The molecule has 0 N–H and O–H groups in total. The van der Waals surface area contributed by atoms with Gasteiger partial charge in [-0.3, -0.25) is 0 Å². The second-order valence-electron chi connectivity index (χ2n) is 4.91. The molecule has 0 aliphatic carbocycles. The lowest BCUT2D eigenvalue weighted by atomic mass is 10.0. The molecule has 2 heteroatoms. The Hall–Kier alpha value is -0.890. The zero-order valence-electron chi connectivity index (χ0n) is 10.6. The van der Waals surface area contributed by atoms with Crippen LogP contribution in [0.1, 0.15) is 30.4 Å². The molecular weight excluding hydrogens is 226 g/mol. The first-order valence-corrected chi connectivity index (χ1v) is 6.83. The third-order valence-corrected chi connectivity index (χ3v) is 3.54. The van der Waals surface area contributed by atoms with E-state index in [4.69, 9.17) is 0 Å². The van der Waals surface area contributed by atoms with Gasteiger partial charge in [-0.2, -0.15) is 0 Å². The van der Waals surface area contributed by atoms with E-state index in [1.54, 1.807) is 0 Å². The standard InChI is InChI=1S/C15H21NS/c1-12-6-7-14(10-13(2)17)11-15(12)16-8-4-3-5-9-16/h6-7,11,17H,2-5,8-10H2,1H3. The third-order valence-electron chi connectivity index (χ3n) is 3.38. The number of anilines is 1. The smallest absolute Gasteiger partial charge is 0.0398 e. The van der Waals surface area contributed by atoms with Gasteiger partial charge in [-0.15, -0.1) is 12.6 Å². The lowest BCUT2D eigenvalue weighted by Crippen LogP contribution is -2.30. The molecule has 92 valence electrons. The Balaban J connectivity index is 2.21. The van der Waals surface area contributed by atoms with Crippen LogP contribution in [0.2, 0.25) is 0 Å². The maximum Gasteiger partial charge on any atom is 0.0398 e. The molecule has 1 heterocycles. The Kier molecular flexibility index (Phi) is 4.16. The van der Waals surface area contributed by atoms with E-state index in [0.717, 1.165) is 11.3 Å². The number of rotatable bonds is 3. The second-order valence-corrected chi connectivity index (χ2v) is 5.54. The van der Waals surface area contributed by atoms with Crippen molar-refractivity contribution in [3.8, 4) is 0 Å². The fraction of sp³-hybridized carbons (Fsp3) is 0.467. The summed E-state index contributed by atoms with van der Waals surface area (Å²) in [6.45, 7) is 8.46. The molecule has 1 saturated heterocycles. The van der Waals surface area contributed by atoms with Gasteiger partial charge < -0.3 is 4.90 Å². The van der Waals surface area contributed by atoms with Gasteiger partial charge in [0.2, 0.25) is 0 Å². The minimum atomic E-state index is 0.865. The van der Waals surface area contributed by atoms with Crippen molar-refractivity contribution in [2.24, 2.45) is 0 Å². The summed E-state index contributed by atoms with van der Waals surface area (Å²) in [5.74, 6) is 0. The molecule has 1 aliphatic heterocycles. The topological polar surface area (TPSA) is 3.24 Å². The zero-order valence-corrected chi connectivity index (χ0v) is 11.5. The molecule has 1 aliphatic rings. The molecule has 0 atom stereocenters. The summed E-state index contributed by atoms with van der Waals surface area (Å²) in [6, 6.07) is 6.71. The predicted octanol–water partition coefficient (Wildman–Crippen LogP) is 3.97. The summed E-state index contributed by atoms with van der Waals surface area (Å²) in [5.41, 5.74) is 4.09. The Morgan fingerprint density at radius 3 is 2.65 bits per heavy atom. The summed E-state index contributed by atoms with van der Waals surface area (Å²) in [7, 11) is 0. The van der Waals surface area contributed by atoms with E-state index in [0.29, 0.717) is 0 Å². The molecule has 1 aromatic rings. The van der Waals surface area contributed by atoms with E-state index in [1.807, 2.05) is 0 Å². The molecule has 1 fully saturated rings. The number of thiol groups is 1. The lowest BCUT2D eigenvalue weighted by Gasteiger charge is -2.30. The van der Waals surface area contributed by atoms with Crippen molar-refractivity contribution in [2.45, 2.75) is 32.6 Å². The van der Waals surface area contributed by atoms with Gasteiger partial charge in [0.15, 0.2) is 0 Å². The molecule has 1 nitrogen and oxygen atoms in total. The Labute approximate surface area is 110 Å². The average Bonchev–Trinajstić information content (AvgIpc) is 2.32. The molecule has 17 heavy (non-hydrogen) atoms. The van der Waals surface area contributed by atoms with Crippen LogP contribution in [0, 0.1) is 6.92 Å². The van der Waals surface area contributed by atoms with Gasteiger partial charge in [-0.25, -0.2) is 0 Å². The van der Waals surface area contributed by atoms with Crippen LogP contribution < -0.4 is 4.90 Å². The van der Waals surface area contributed by atoms with Crippen molar-refractivity contribution < 1.29 is 0 Å². The van der Waals surface area contributed by atoms with E-state index in [2.05, 4.69) is 49.2 Å². The van der Waals surface area contributed by atoms with E-state index in [9.17, 15) is 0 Å². The molecule has 0 radical (unpaired) electrons. The van der Waals surface area contributed by atoms with Gasteiger partial charge >= 0.3 is 0 Å². The molecule has 0 spiro atoms. The molecular formula is C15H21NS. The first-order valence-electron chi connectivity index (χ1n) is 6.38. The van der Waals surface area contributed by atoms with Crippen LogP contribution in [0.25, 0.3) is 0 Å². The van der Waals surface area contributed by atoms with Crippen LogP contribution >= 0.6 is 12.6 Å². The van der Waals surface area contributed by atoms with Crippen molar-refractivity contribution in [1.82, 2.24) is 0 Å². The van der Waals surface area contributed by atoms with Crippen molar-refractivity contribution in [1.29, 1.82) is 0 Å². The highest BCUT2D eigenvalue weighted by atomic mass is 32.1. The number of nitrogens with zero attached hydrogens (tertiary/aromatic N) is 1. The monoisotopic (exact) mass is 247 g/mol. The van der Waals surface area contributed by atoms with Crippen molar-refractivity contribution in [2.75, 3.05) is 18.0 Å². The first-order chi connectivity index (χ1) is 8.16. The Bertz CT molecular complexity index is 405. The Morgan fingerprint density at radius 1 is 1.29 bits per heavy atom. The van der Waals surface area contributed by atoms with Gasteiger partial charge in [0, 0.05) is 25.2 Å². The van der Waals surface area contributed by atoms with Crippen LogP contribution in [-0.2, 0) is 6.42 Å². The zero-order chi connectivity index (χ0) is 12.3.